The molecule has 0 rings (SSSR count). The Morgan fingerprint density at radius 1 is 1.26 bits per heavy atom. The number of likely N-dealkylation sites (N-methyl/N-ethyl adjacent to an activating group) is 1. The molecule has 2 amide bonds. The Morgan fingerprint density at radius 2 is 1.79 bits per heavy atom. The zero-order valence-corrected chi connectivity index (χ0v) is 12.3. The monoisotopic (exact) mass is 272 g/mol. The molecule has 19 heavy (non-hydrogen) atoms. The predicted octanol–water partition coefficient (Wildman–Crippen LogP) is 0.718. The Morgan fingerprint density at radius 3 is 2.11 bits per heavy atom. The van der Waals surface area contributed by atoms with Crippen molar-refractivity contribution in [2.24, 2.45) is 11.3 Å². The van der Waals surface area contributed by atoms with E-state index < -0.39 is 23.2 Å². The fraction of sp³-hybridized carbons (Fsp3) is 0.769. The second kappa shape index (κ2) is 7.11. The molecule has 0 aliphatic heterocycles. The van der Waals surface area contributed by atoms with Gasteiger partial charge in [0.25, 0.3) is 0 Å². The van der Waals surface area contributed by atoms with Crippen LogP contribution in [0, 0.1) is 11.3 Å². The molecular formula is C13H24N2O4. The molecule has 0 saturated carbocycles. The van der Waals surface area contributed by atoms with Crippen molar-refractivity contribution >= 4 is 17.8 Å². The Balaban J connectivity index is 5.14. The van der Waals surface area contributed by atoms with Gasteiger partial charge in [0.05, 0.1) is 6.54 Å². The third-order valence-electron chi connectivity index (χ3n) is 2.78. The van der Waals surface area contributed by atoms with Crippen molar-refractivity contribution < 1.29 is 19.5 Å². The van der Waals surface area contributed by atoms with Crippen molar-refractivity contribution in [2.75, 3.05) is 20.1 Å². The molecule has 0 saturated heterocycles. The highest BCUT2D eigenvalue weighted by Gasteiger charge is 2.40. The fourth-order valence-electron chi connectivity index (χ4n) is 1.82. The molecule has 2 N–H and O–H groups in total. The summed E-state index contributed by atoms with van der Waals surface area (Å²) in [6.07, 6.45) is 0.666. The van der Waals surface area contributed by atoms with Gasteiger partial charge < -0.3 is 15.3 Å². The Labute approximate surface area is 114 Å². The topological polar surface area (TPSA) is 86.7 Å². The van der Waals surface area contributed by atoms with Crippen LogP contribution in [0.4, 0.5) is 0 Å². The number of carboxylic acid groups (broad SMARTS) is 1. The molecule has 1 unspecified atom stereocenters. The van der Waals surface area contributed by atoms with E-state index in [4.69, 9.17) is 0 Å². The molecule has 0 aromatic heterocycles. The van der Waals surface area contributed by atoms with Crippen LogP contribution in [0.15, 0.2) is 0 Å². The zero-order chi connectivity index (χ0) is 15.2. The first-order chi connectivity index (χ1) is 8.65. The van der Waals surface area contributed by atoms with Crippen molar-refractivity contribution in [3.8, 4) is 0 Å². The van der Waals surface area contributed by atoms with Gasteiger partial charge in [-0.1, -0.05) is 27.7 Å². The average Bonchev–Trinajstić information content (AvgIpc) is 2.25. The predicted molar refractivity (Wildman–Crippen MR) is 71.5 cm³/mol. The minimum atomic E-state index is -1.16. The maximum atomic E-state index is 12.3. The smallest absolute Gasteiger partial charge is 0.316 e. The molecule has 0 bridgehead atoms. The van der Waals surface area contributed by atoms with Crippen molar-refractivity contribution in [3.05, 3.63) is 0 Å². The first-order valence-electron chi connectivity index (χ1n) is 6.37. The number of carboxylic acids is 1. The van der Waals surface area contributed by atoms with Crippen LogP contribution in [0.1, 0.15) is 34.1 Å². The van der Waals surface area contributed by atoms with Crippen LogP contribution >= 0.6 is 0 Å². The molecule has 0 aliphatic rings. The van der Waals surface area contributed by atoms with Gasteiger partial charge in [0.2, 0.25) is 11.8 Å². The molecule has 6 nitrogen and oxygen atoms in total. The van der Waals surface area contributed by atoms with E-state index >= 15 is 0 Å². The van der Waals surface area contributed by atoms with E-state index in [9.17, 15) is 19.5 Å². The van der Waals surface area contributed by atoms with Crippen LogP contribution in [-0.2, 0) is 14.4 Å². The van der Waals surface area contributed by atoms with E-state index in [2.05, 4.69) is 5.32 Å². The number of nitrogens with one attached hydrogen (secondary N) is 1. The van der Waals surface area contributed by atoms with Gasteiger partial charge in [-0.05, 0) is 11.8 Å². The molecule has 0 spiro atoms. The summed E-state index contributed by atoms with van der Waals surface area (Å²) in [7, 11) is 1.48. The lowest BCUT2D eigenvalue weighted by atomic mass is 9.80. The average molecular weight is 272 g/mol. The standard InChI is InChI=1S/C13H24N2O4/c1-6-7-15(8-9(16)14-5)11(17)10(12(18)19)13(2,3)4/h10H,6-8H2,1-5H3,(H,14,16)(H,18,19). The number of aliphatic carboxylic acids is 1. The van der Waals surface area contributed by atoms with E-state index in [-0.39, 0.29) is 12.5 Å². The molecule has 110 valence electrons. The summed E-state index contributed by atoms with van der Waals surface area (Å²) in [4.78, 5) is 36.3. The van der Waals surface area contributed by atoms with Gasteiger partial charge in [-0.25, -0.2) is 0 Å². The van der Waals surface area contributed by atoms with Gasteiger partial charge >= 0.3 is 5.97 Å². The Kier molecular flexibility index (Phi) is 6.52. The van der Waals surface area contributed by atoms with Crippen LogP contribution in [-0.4, -0.2) is 47.9 Å². The molecule has 0 aromatic rings. The van der Waals surface area contributed by atoms with E-state index in [1.165, 1.54) is 11.9 Å². The Hall–Kier alpha value is -1.59. The summed E-state index contributed by atoms with van der Waals surface area (Å²) >= 11 is 0. The first-order valence-corrected chi connectivity index (χ1v) is 6.37. The quantitative estimate of drug-likeness (QED) is 0.697. The molecule has 0 radical (unpaired) electrons. The van der Waals surface area contributed by atoms with E-state index in [0.717, 1.165) is 0 Å². The van der Waals surface area contributed by atoms with Crippen LogP contribution in [0.2, 0.25) is 0 Å². The molecule has 0 aliphatic carbocycles. The summed E-state index contributed by atoms with van der Waals surface area (Å²) in [5.41, 5.74) is -0.697. The summed E-state index contributed by atoms with van der Waals surface area (Å²) in [6.45, 7) is 7.24. The zero-order valence-electron chi connectivity index (χ0n) is 12.3. The minimum absolute atomic E-state index is 0.108. The maximum Gasteiger partial charge on any atom is 0.316 e. The van der Waals surface area contributed by atoms with Gasteiger partial charge in [-0.15, -0.1) is 0 Å². The van der Waals surface area contributed by atoms with Gasteiger partial charge in [-0.2, -0.15) is 0 Å². The van der Waals surface area contributed by atoms with E-state index in [1.807, 2.05) is 6.92 Å². The lowest BCUT2D eigenvalue weighted by Crippen LogP contribution is -2.48. The molecule has 0 fully saturated rings. The molecule has 0 heterocycles. The summed E-state index contributed by atoms with van der Waals surface area (Å²) in [5, 5.41) is 11.7. The van der Waals surface area contributed by atoms with Gasteiger partial charge in [0, 0.05) is 13.6 Å². The summed E-state index contributed by atoms with van der Waals surface area (Å²) < 4.78 is 0. The number of hydrogen-bond acceptors (Lipinski definition) is 3. The van der Waals surface area contributed by atoms with Gasteiger partial charge in [0.1, 0.15) is 5.92 Å². The van der Waals surface area contributed by atoms with Gasteiger partial charge in [0.15, 0.2) is 0 Å². The number of carbonyl (C=O) groups excluding carboxylic acids is 2. The van der Waals surface area contributed by atoms with Crippen LogP contribution < -0.4 is 5.32 Å². The summed E-state index contributed by atoms with van der Waals surface area (Å²) in [6, 6.07) is 0. The second-order valence-corrected chi connectivity index (χ2v) is 5.57. The van der Waals surface area contributed by atoms with Crippen molar-refractivity contribution in [2.45, 2.75) is 34.1 Å². The second-order valence-electron chi connectivity index (χ2n) is 5.57. The lowest BCUT2D eigenvalue weighted by molar-refractivity contribution is -0.157. The molecule has 0 aromatic carbocycles. The highest BCUT2D eigenvalue weighted by molar-refractivity contribution is 5.99. The van der Waals surface area contributed by atoms with E-state index in [0.29, 0.717) is 13.0 Å². The SMILES string of the molecule is CCCN(CC(=O)NC)C(=O)C(C(=O)O)C(C)(C)C. The van der Waals surface area contributed by atoms with E-state index in [1.54, 1.807) is 20.8 Å². The highest BCUT2D eigenvalue weighted by atomic mass is 16.4. The number of rotatable bonds is 6. The fourth-order valence-corrected chi connectivity index (χ4v) is 1.82. The van der Waals surface area contributed by atoms with Gasteiger partial charge in [-0.3, -0.25) is 14.4 Å². The number of nitrogens with zero attached hydrogens (tertiary/aromatic N) is 1. The minimum Gasteiger partial charge on any atom is -0.481 e. The number of carbonyl (C=O) groups is 3. The maximum absolute atomic E-state index is 12.3. The molecule has 6 heteroatoms. The number of hydrogen-bond donors (Lipinski definition) is 2. The van der Waals surface area contributed by atoms with Crippen LogP contribution in [0.3, 0.4) is 0 Å². The van der Waals surface area contributed by atoms with Crippen molar-refractivity contribution in [3.63, 3.8) is 0 Å². The van der Waals surface area contributed by atoms with Crippen molar-refractivity contribution in [1.29, 1.82) is 0 Å². The molecule has 1 atom stereocenters. The summed E-state index contributed by atoms with van der Waals surface area (Å²) in [5.74, 6) is -3.12. The Bertz CT molecular complexity index is 347. The van der Waals surface area contributed by atoms with Crippen molar-refractivity contribution in [1.82, 2.24) is 10.2 Å². The van der Waals surface area contributed by atoms with Crippen LogP contribution in [0.5, 0.6) is 0 Å². The highest BCUT2D eigenvalue weighted by Crippen LogP contribution is 2.28. The number of amides is 2. The first kappa shape index (κ1) is 17.4. The molecular weight excluding hydrogens is 248 g/mol. The third-order valence-corrected chi connectivity index (χ3v) is 2.78. The normalized spacial score (nSPS) is 12.7. The third kappa shape index (κ3) is 5.28. The lowest BCUT2D eigenvalue weighted by Gasteiger charge is -2.31. The van der Waals surface area contributed by atoms with Crippen LogP contribution in [0.25, 0.3) is 0 Å². The largest absolute Gasteiger partial charge is 0.481 e.